The first kappa shape index (κ1) is 16.0. The molecule has 2 amide bonds. The van der Waals surface area contributed by atoms with Crippen LogP contribution in [0.25, 0.3) is 0 Å². The number of piperidine rings is 1. The van der Waals surface area contributed by atoms with E-state index < -0.39 is 0 Å². The van der Waals surface area contributed by atoms with Gasteiger partial charge in [-0.25, -0.2) is 0 Å². The van der Waals surface area contributed by atoms with E-state index in [0.717, 1.165) is 25.9 Å². The van der Waals surface area contributed by atoms with E-state index in [2.05, 4.69) is 16.8 Å². The van der Waals surface area contributed by atoms with E-state index in [1.165, 1.54) is 0 Å². The summed E-state index contributed by atoms with van der Waals surface area (Å²) in [5.41, 5.74) is 0. The summed E-state index contributed by atoms with van der Waals surface area (Å²) >= 11 is 0. The average molecular weight is 295 g/mol. The van der Waals surface area contributed by atoms with Gasteiger partial charge in [0.05, 0.1) is 19.8 Å². The molecular weight excluding hydrogens is 270 g/mol. The second kappa shape index (κ2) is 8.14. The lowest BCUT2D eigenvalue weighted by atomic mass is 9.95. The van der Waals surface area contributed by atoms with E-state index in [9.17, 15) is 9.59 Å². The molecule has 118 valence electrons. The number of amides is 2. The molecular formula is C15H25N3O3. The third-order valence-electron chi connectivity index (χ3n) is 4.07. The maximum atomic E-state index is 12.4. The van der Waals surface area contributed by atoms with Gasteiger partial charge in [0.2, 0.25) is 11.8 Å². The van der Waals surface area contributed by atoms with Crippen LogP contribution in [0.15, 0.2) is 12.7 Å². The zero-order valence-corrected chi connectivity index (χ0v) is 12.6. The molecule has 6 nitrogen and oxygen atoms in total. The highest BCUT2D eigenvalue weighted by atomic mass is 16.5. The molecule has 6 heteroatoms. The number of carbonyl (C=O) groups excluding carboxylic acids is 2. The second-order valence-electron chi connectivity index (χ2n) is 5.58. The molecule has 0 aromatic heterocycles. The quantitative estimate of drug-likeness (QED) is 0.717. The highest BCUT2D eigenvalue weighted by Crippen LogP contribution is 2.20. The van der Waals surface area contributed by atoms with Crippen molar-refractivity contribution in [3.63, 3.8) is 0 Å². The monoisotopic (exact) mass is 295 g/mol. The van der Waals surface area contributed by atoms with Crippen molar-refractivity contribution in [3.8, 4) is 0 Å². The van der Waals surface area contributed by atoms with E-state index in [0.29, 0.717) is 39.4 Å². The number of nitrogens with zero attached hydrogens (tertiary/aromatic N) is 2. The van der Waals surface area contributed by atoms with E-state index in [-0.39, 0.29) is 17.7 Å². The lowest BCUT2D eigenvalue weighted by Gasteiger charge is -2.35. The molecule has 2 aliphatic rings. The molecule has 0 aliphatic carbocycles. The number of rotatable bonds is 5. The summed E-state index contributed by atoms with van der Waals surface area (Å²) in [6.45, 7) is 8.82. The standard InChI is InChI=1S/C15H25N3O3/c1-2-5-16-14(19)12-17-6-3-13(4-7-17)15(20)18-8-10-21-11-9-18/h2,13H,1,3-12H2,(H,16,19). The summed E-state index contributed by atoms with van der Waals surface area (Å²) in [5.74, 6) is 0.387. The van der Waals surface area contributed by atoms with Crippen LogP contribution in [0.2, 0.25) is 0 Å². The Hall–Kier alpha value is -1.40. The van der Waals surface area contributed by atoms with Crippen LogP contribution in [0.4, 0.5) is 0 Å². The number of morpholine rings is 1. The molecule has 2 heterocycles. The van der Waals surface area contributed by atoms with Crippen LogP contribution in [-0.2, 0) is 14.3 Å². The predicted molar refractivity (Wildman–Crippen MR) is 79.8 cm³/mol. The van der Waals surface area contributed by atoms with Crippen molar-refractivity contribution in [1.29, 1.82) is 0 Å². The van der Waals surface area contributed by atoms with Gasteiger partial charge in [-0.1, -0.05) is 6.08 Å². The summed E-state index contributed by atoms with van der Waals surface area (Å²) in [6, 6.07) is 0. The van der Waals surface area contributed by atoms with Crippen molar-refractivity contribution >= 4 is 11.8 Å². The highest BCUT2D eigenvalue weighted by molar-refractivity contribution is 5.79. The van der Waals surface area contributed by atoms with Crippen molar-refractivity contribution in [2.75, 3.05) is 52.5 Å². The number of likely N-dealkylation sites (tertiary alicyclic amines) is 1. The number of nitrogens with one attached hydrogen (secondary N) is 1. The van der Waals surface area contributed by atoms with E-state index >= 15 is 0 Å². The van der Waals surface area contributed by atoms with Crippen molar-refractivity contribution in [2.24, 2.45) is 5.92 Å². The first-order chi connectivity index (χ1) is 10.2. The minimum absolute atomic E-state index is 0.0212. The Kier molecular flexibility index (Phi) is 6.20. The van der Waals surface area contributed by atoms with Gasteiger partial charge in [-0.15, -0.1) is 6.58 Å². The predicted octanol–water partition coefficient (Wildman–Crippen LogP) is -0.141. The van der Waals surface area contributed by atoms with E-state index in [1.807, 2.05) is 4.90 Å². The molecule has 2 saturated heterocycles. The van der Waals surface area contributed by atoms with Crippen LogP contribution in [0.5, 0.6) is 0 Å². The molecule has 2 aliphatic heterocycles. The molecule has 0 saturated carbocycles. The highest BCUT2D eigenvalue weighted by Gasteiger charge is 2.29. The zero-order chi connectivity index (χ0) is 15.1. The van der Waals surface area contributed by atoms with Crippen LogP contribution in [0.3, 0.4) is 0 Å². The molecule has 0 spiro atoms. The van der Waals surface area contributed by atoms with Crippen LogP contribution in [0.1, 0.15) is 12.8 Å². The summed E-state index contributed by atoms with van der Waals surface area (Å²) in [7, 11) is 0. The molecule has 0 atom stereocenters. The van der Waals surface area contributed by atoms with Crippen LogP contribution in [0, 0.1) is 5.92 Å². The topological polar surface area (TPSA) is 61.9 Å². The van der Waals surface area contributed by atoms with Gasteiger partial charge in [0, 0.05) is 25.6 Å². The Balaban J connectivity index is 1.71. The van der Waals surface area contributed by atoms with Crippen molar-refractivity contribution in [3.05, 3.63) is 12.7 Å². The van der Waals surface area contributed by atoms with Gasteiger partial charge in [0.15, 0.2) is 0 Å². The number of carbonyl (C=O) groups is 2. The molecule has 0 aromatic carbocycles. The van der Waals surface area contributed by atoms with Crippen LogP contribution in [-0.4, -0.2) is 74.1 Å². The Morgan fingerprint density at radius 2 is 1.86 bits per heavy atom. The maximum absolute atomic E-state index is 12.4. The number of ether oxygens (including phenoxy) is 1. The van der Waals surface area contributed by atoms with Gasteiger partial charge in [-0.3, -0.25) is 14.5 Å². The molecule has 21 heavy (non-hydrogen) atoms. The normalized spacial score (nSPS) is 21.0. The summed E-state index contributed by atoms with van der Waals surface area (Å²) in [4.78, 5) is 28.1. The van der Waals surface area contributed by atoms with Crippen molar-refractivity contribution in [1.82, 2.24) is 15.1 Å². The fourth-order valence-electron chi connectivity index (χ4n) is 2.82. The zero-order valence-electron chi connectivity index (χ0n) is 12.6. The summed E-state index contributed by atoms with van der Waals surface area (Å²) in [5, 5.41) is 2.78. The molecule has 0 radical (unpaired) electrons. The Labute approximate surface area is 126 Å². The van der Waals surface area contributed by atoms with Gasteiger partial charge < -0.3 is 15.0 Å². The maximum Gasteiger partial charge on any atom is 0.234 e. The van der Waals surface area contributed by atoms with Gasteiger partial charge in [-0.2, -0.15) is 0 Å². The third kappa shape index (κ3) is 4.82. The van der Waals surface area contributed by atoms with E-state index in [4.69, 9.17) is 4.74 Å². The van der Waals surface area contributed by atoms with Crippen molar-refractivity contribution in [2.45, 2.75) is 12.8 Å². The van der Waals surface area contributed by atoms with Crippen molar-refractivity contribution < 1.29 is 14.3 Å². The fourth-order valence-corrected chi connectivity index (χ4v) is 2.82. The lowest BCUT2D eigenvalue weighted by Crippen LogP contribution is -2.48. The van der Waals surface area contributed by atoms with Crippen LogP contribution < -0.4 is 5.32 Å². The Bertz CT molecular complexity index is 372. The average Bonchev–Trinajstić information content (AvgIpc) is 2.54. The lowest BCUT2D eigenvalue weighted by molar-refractivity contribution is -0.141. The minimum Gasteiger partial charge on any atom is -0.378 e. The largest absolute Gasteiger partial charge is 0.378 e. The SMILES string of the molecule is C=CCNC(=O)CN1CCC(C(=O)N2CCOCC2)CC1. The molecule has 2 fully saturated rings. The van der Waals surface area contributed by atoms with Crippen LogP contribution >= 0.6 is 0 Å². The van der Waals surface area contributed by atoms with E-state index in [1.54, 1.807) is 6.08 Å². The Morgan fingerprint density at radius 1 is 1.19 bits per heavy atom. The second-order valence-corrected chi connectivity index (χ2v) is 5.58. The number of hydrogen-bond donors (Lipinski definition) is 1. The first-order valence-electron chi connectivity index (χ1n) is 7.67. The molecule has 1 N–H and O–H groups in total. The molecule has 2 rings (SSSR count). The molecule has 0 aromatic rings. The molecule has 0 bridgehead atoms. The summed E-state index contributed by atoms with van der Waals surface area (Å²) < 4.78 is 5.28. The smallest absolute Gasteiger partial charge is 0.234 e. The Morgan fingerprint density at radius 3 is 2.48 bits per heavy atom. The third-order valence-corrected chi connectivity index (χ3v) is 4.07. The first-order valence-corrected chi connectivity index (χ1v) is 7.67. The number of hydrogen-bond acceptors (Lipinski definition) is 4. The molecule has 0 unspecified atom stereocenters. The minimum atomic E-state index is 0.0212. The summed E-state index contributed by atoms with van der Waals surface area (Å²) in [6.07, 6.45) is 3.35. The van der Waals surface area contributed by atoms with Gasteiger partial charge in [-0.05, 0) is 25.9 Å². The fraction of sp³-hybridized carbons (Fsp3) is 0.733. The van der Waals surface area contributed by atoms with Gasteiger partial charge in [0.1, 0.15) is 0 Å². The van der Waals surface area contributed by atoms with Gasteiger partial charge >= 0.3 is 0 Å². The van der Waals surface area contributed by atoms with Gasteiger partial charge in [0.25, 0.3) is 0 Å².